The second-order valence-electron chi connectivity index (χ2n) is 12.0. The van der Waals surface area contributed by atoms with E-state index in [1.54, 1.807) is 6.20 Å². The van der Waals surface area contributed by atoms with Gasteiger partial charge < -0.3 is 18.8 Å². The third-order valence-electron chi connectivity index (χ3n) is 7.87. The minimum atomic E-state index is -1.63. The lowest BCUT2D eigenvalue weighted by Crippen LogP contribution is -2.45. The smallest absolute Gasteiger partial charge is 0.266 e. The molecule has 1 aromatic carbocycles. The second-order valence-corrected chi connectivity index (χ2v) is 13.5. The lowest BCUT2D eigenvalue weighted by Gasteiger charge is -2.35. The molecule has 3 aromatic heterocycles. The van der Waals surface area contributed by atoms with Crippen molar-refractivity contribution in [3.05, 3.63) is 72.2 Å². The Balaban J connectivity index is 1.43. The number of carbonyl (C=O) groups is 1. The Bertz CT molecular complexity index is 1560. The van der Waals surface area contributed by atoms with Gasteiger partial charge in [-0.3, -0.25) is 4.79 Å². The summed E-state index contributed by atoms with van der Waals surface area (Å²) >= 11 is -1.63. The Morgan fingerprint density at radius 1 is 1.17 bits per heavy atom. The number of morpholine rings is 1. The summed E-state index contributed by atoms with van der Waals surface area (Å²) in [6.07, 6.45) is 5.19. The summed E-state index contributed by atoms with van der Waals surface area (Å²) in [7, 11) is 0. The minimum absolute atomic E-state index is 0.130. The van der Waals surface area contributed by atoms with Gasteiger partial charge in [0.05, 0.1) is 30.6 Å². The van der Waals surface area contributed by atoms with E-state index in [1.165, 1.54) is 5.56 Å². The molecular formula is C31H36N6O3S. The molecule has 10 heteroatoms. The van der Waals surface area contributed by atoms with Crippen molar-refractivity contribution < 1.29 is 14.1 Å². The standard InChI is InChI=1S/C31H36N6O3S/c1-21-20-40-17-16-37(21)26-18-25(31(12-13-31)41(39)35-29(38)30(2,3)4)33-27(34-26)23-10-14-32-28-24(23)11-15-36(28)19-22-8-6-5-7-9-22/h5-11,14-15,18,21H,12-13,16-17,19-20H2,1-4H3,(H,35,38). The molecule has 41 heavy (non-hydrogen) atoms. The molecule has 1 amide bonds. The summed E-state index contributed by atoms with van der Waals surface area (Å²) in [4.78, 5) is 29.8. The largest absolute Gasteiger partial charge is 0.592 e. The summed E-state index contributed by atoms with van der Waals surface area (Å²) in [5, 5.41) is 0.952. The molecule has 1 saturated carbocycles. The first-order valence-corrected chi connectivity index (χ1v) is 15.3. The van der Waals surface area contributed by atoms with Gasteiger partial charge in [0.1, 0.15) is 17.2 Å². The van der Waals surface area contributed by atoms with E-state index in [0.717, 1.165) is 22.4 Å². The fourth-order valence-electron chi connectivity index (χ4n) is 5.18. The molecule has 9 nitrogen and oxygen atoms in total. The van der Waals surface area contributed by atoms with Crippen molar-refractivity contribution in [3.63, 3.8) is 0 Å². The summed E-state index contributed by atoms with van der Waals surface area (Å²) in [5.74, 6) is 1.10. The van der Waals surface area contributed by atoms with Crippen molar-refractivity contribution in [2.75, 3.05) is 24.7 Å². The number of fused-ring (bicyclic) bond motifs is 1. The summed E-state index contributed by atoms with van der Waals surface area (Å²) in [5.41, 5.74) is 2.95. The number of anilines is 1. The molecule has 4 heterocycles. The number of aromatic nitrogens is 4. The average Bonchev–Trinajstić information content (AvgIpc) is 3.69. The number of hydrogen-bond acceptors (Lipinski definition) is 7. The molecule has 0 radical (unpaired) electrons. The highest BCUT2D eigenvalue weighted by Gasteiger charge is 2.59. The Morgan fingerprint density at radius 3 is 2.66 bits per heavy atom. The van der Waals surface area contributed by atoms with E-state index >= 15 is 0 Å². The van der Waals surface area contributed by atoms with Gasteiger partial charge in [0.2, 0.25) is 0 Å². The van der Waals surface area contributed by atoms with Gasteiger partial charge in [0, 0.05) is 60.8 Å². The maximum Gasteiger partial charge on any atom is 0.266 e. The van der Waals surface area contributed by atoms with Crippen LogP contribution >= 0.6 is 0 Å². The predicted octanol–water partition coefficient (Wildman–Crippen LogP) is 4.58. The molecule has 214 valence electrons. The lowest BCUT2D eigenvalue weighted by molar-refractivity contribution is -0.126. The average molecular weight is 573 g/mol. The van der Waals surface area contributed by atoms with E-state index in [1.807, 2.05) is 57.3 Å². The number of rotatable bonds is 7. The third-order valence-corrected chi connectivity index (χ3v) is 9.56. The number of pyridine rings is 1. The van der Waals surface area contributed by atoms with Gasteiger partial charge in [-0.2, -0.15) is 4.72 Å². The van der Waals surface area contributed by atoms with Crippen LogP contribution in [0.4, 0.5) is 5.82 Å². The Morgan fingerprint density at radius 2 is 1.95 bits per heavy atom. The Kier molecular flexibility index (Phi) is 7.25. The number of benzene rings is 1. The number of carbonyl (C=O) groups excluding carboxylic acids is 1. The van der Waals surface area contributed by atoms with Gasteiger partial charge >= 0.3 is 0 Å². The van der Waals surface area contributed by atoms with Gasteiger partial charge in [0.15, 0.2) is 10.6 Å². The number of hydrogen-bond donors (Lipinski definition) is 1. The number of nitrogens with zero attached hydrogens (tertiary/aromatic N) is 5. The fraction of sp³-hybridized carbons (Fsp3) is 0.419. The zero-order chi connectivity index (χ0) is 28.8. The van der Waals surface area contributed by atoms with Crippen LogP contribution in [-0.2, 0) is 32.2 Å². The van der Waals surface area contributed by atoms with E-state index in [-0.39, 0.29) is 11.9 Å². The molecule has 0 bridgehead atoms. The van der Waals surface area contributed by atoms with Gasteiger partial charge in [-0.1, -0.05) is 51.1 Å². The molecule has 4 aromatic rings. The molecule has 2 atom stereocenters. The Hall–Kier alpha value is -3.47. The second kappa shape index (κ2) is 10.7. The van der Waals surface area contributed by atoms with Crippen LogP contribution in [-0.4, -0.2) is 55.8 Å². The zero-order valence-corrected chi connectivity index (χ0v) is 24.8. The van der Waals surface area contributed by atoms with Crippen molar-refractivity contribution >= 4 is 34.1 Å². The van der Waals surface area contributed by atoms with E-state index in [2.05, 4.69) is 39.3 Å². The number of nitrogens with one attached hydrogen (secondary N) is 1. The van der Waals surface area contributed by atoms with Crippen LogP contribution in [0.5, 0.6) is 0 Å². The molecule has 2 aliphatic rings. The first kappa shape index (κ1) is 27.7. The van der Waals surface area contributed by atoms with Crippen LogP contribution < -0.4 is 9.62 Å². The van der Waals surface area contributed by atoms with E-state index in [9.17, 15) is 9.35 Å². The van der Waals surface area contributed by atoms with Gasteiger partial charge in [-0.15, -0.1) is 0 Å². The fourth-order valence-corrected chi connectivity index (χ4v) is 6.62. The molecule has 1 N–H and O–H groups in total. The topological polar surface area (TPSA) is 108 Å². The molecule has 1 aliphatic carbocycles. The van der Waals surface area contributed by atoms with Crippen LogP contribution in [0.25, 0.3) is 22.4 Å². The zero-order valence-electron chi connectivity index (χ0n) is 24.0. The lowest BCUT2D eigenvalue weighted by atomic mass is 9.96. The van der Waals surface area contributed by atoms with Crippen LogP contribution in [0.1, 0.15) is 51.8 Å². The monoisotopic (exact) mass is 572 g/mol. The van der Waals surface area contributed by atoms with E-state index in [4.69, 9.17) is 19.7 Å². The normalized spacial score (nSPS) is 19.2. The number of amides is 1. The van der Waals surface area contributed by atoms with Crippen LogP contribution in [0.15, 0.2) is 60.9 Å². The van der Waals surface area contributed by atoms with Crippen molar-refractivity contribution in [3.8, 4) is 11.4 Å². The summed E-state index contributed by atoms with van der Waals surface area (Å²) in [6.45, 7) is 10.2. The van der Waals surface area contributed by atoms with Gasteiger partial charge in [-0.25, -0.2) is 15.0 Å². The Labute approximate surface area is 243 Å². The van der Waals surface area contributed by atoms with E-state index < -0.39 is 21.5 Å². The molecule has 6 rings (SSSR count). The van der Waals surface area contributed by atoms with Crippen molar-refractivity contribution in [1.82, 2.24) is 24.2 Å². The summed E-state index contributed by atoms with van der Waals surface area (Å²) in [6, 6.07) is 16.4. The molecule has 2 unspecified atom stereocenters. The predicted molar refractivity (Wildman–Crippen MR) is 161 cm³/mol. The molecule has 2 fully saturated rings. The minimum Gasteiger partial charge on any atom is -0.592 e. The molecule has 1 aliphatic heterocycles. The van der Waals surface area contributed by atoms with Crippen molar-refractivity contribution in [1.29, 1.82) is 0 Å². The van der Waals surface area contributed by atoms with Gasteiger partial charge in [-0.05, 0) is 24.6 Å². The first-order valence-electron chi connectivity index (χ1n) is 14.1. The number of ether oxygens (including phenoxy) is 1. The highest BCUT2D eigenvalue weighted by molar-refractivity contribution is 7.91. The maximum atomic E-state index is 13.6. The molecule has 1 saturated heterocycles. The quantitative estimate of drug-likeness (QED) is 0.323. The van der Waals surface area contributed by atoms with E-state index in [0.29, 0.717) is 50.7 Å². The first-order chi connectivity index (χ1) is 19.7. The van der Waals surface area contributed by atoms with Crippen LogP contribution in [0.2, 0.25) is 0 Å². The van der Waals surface area contributed by atoms with Crippen molar-refractivity contribution in [2.45, 2.75) is 57.9 Å². The SMILES string of the molecule is CC1COCCN1c1cc(C2([S+]([O-])NC(=O)C(C)(C)C)CC2)nc(-c2ccnc3c2ccn3Cc2ccccc2)n1. The molecular weight excluding hydrogens is 536 g/mol. The van der Waals surface area contributed by atoms with Crippen molar-refractivity contribution in [2.24, 2.45) is 5.41 Å². The summed E-state index contributed by atoms with van der Waals surface area (Å²) < 4.78 is 23.5. The highest BCUT2D eigenvalue weighted by atomic mass is 32.2. The maximum absolute atomic E-state index is 13.6. The van der Waals surface area contributed by atoms with Crippen LogP contribution in [0.3, 0.4) is 0 Å². The van der Waals surface area contributed by atoms with Gasteiger partial charge in [0.25, 0.3) is 5.91 Å². The molecule has 0 spiro atoms. The highest BCUT2D eigenvalue weighted by Crippen LogP contribution is 2.52. The van der Waals surface area contributed by atoms with Crippen LogP contribution in [0, 0.1) is 5.41 Å². The third kappa shape index (κ3) is 5.43.